The molecule has 46 heavy (non-hydrogen) atoms. The van der Waals surface area contributed by atoms with Gasteiger partial charge in [0.25, 0.3) is 0 Å². The van der Waals surface area contributed by atoms with Gasteiger partial charge in [0.2, 0.25) is 0 Å². The second kappa shape index (κ2) is 15.6. The molecule has 0 aliphatic carbocycles. The summed E-state index contributed by atoms with van der Waals surface area (Å²) in [4.78, 5) is 0. The van der Waals surface area contributed by atoms with Gasteiger partial charge in [-0.1, -0.05) is 127 Å². The average molecular weight is 629 g/mol. The smallest absolute Gasteiger partial charge is 0.361 e. The second-order valence-corrected chi connectivity index (χ2v) is 10.7. The van der Waals surface area contributed by atoms with Crippen LogP contribution in [0.15, 0.2) is 180 Å². The quantitative estimate of drug-likeness (QED) is 0.168. The summed E-state index contributed by atoms with van der Waals surface area (Å²) in [7, 11) is -4.94. The van der Waals surface area contributed by atoms with Crippen LogP contribution in [0.25, 0.3) is 39.9 Å². The highest BCUT2D eigenvalue weighted by molar-refractivity contribution is 5.85. The molecule has 0 radical (unpaired) electrons. The fourth-order valence-corrected chi connectivity index (χ4v) is 4.66. The molecule has 2 heterocycles. The van der Waals surface area contributed by atoms with Crippen LogP contribution in [0.3, 0.4) is 0 Å². The first kappa shape index (κ1) is 32.1. The third-order valence-electron chi connectivity index (χ3n) is 6.70. The van der Waals surface area contributed by atoms with Gasteiger partial charge in [-0.15, -0.1) is 10.2 Å². The number of benzene rings is 4. The molecule has 0 unspecified atom stereocenters. The Balaban J connectivity index is 0.000000775. The van der Waals surface area contributed by atoms with E-state index < -0.39 is 10.2 Å². The Bertz CT molecular complexity index is 1810. The standard InChI is InChI=1S/C39H29O2.ClHO4/c1-6-16-30(17-7-1)34-26-36(40-38(28-34)32-20-10-3-11-21-32)24-14-5-15-25-37-27-35(31-18-8-2-9-19-31)29-39(41-37)33-22-12-4-13-23-33;2-1(3,4)5/h1-29H;(H,2,3,4,5)/q+1;/p-1. The zero-order valence-electron chi connectivity index (χ0n) is 24.6. The van der Waals surface area contributed by atoms with Crippen molar-refractivity contribution in [3.05, 3.63) is 193 Å². The van der Waals surface area contributed by atoms with Crippen molar-refractivity contribution in [1.82, 2.24) is 0 Å². The van der Waals surface area contributed by atoms with Crippen LogP contribution in [0.1, 0.15) is 16.9 Å². The summed E-state index contributed by atoms with van der Waals surface area (Å²) in [6, 6.07) is 45.3. The van der Waals surface area contributed by atoms with Gasteiger partial charge in [0.05, 0.1) is 17.7 Å². The molecule has 1 aliphatic heterocycles. The van der Waals surface area contributed by atoms with E-state index in [0.29, 0.717) is 0 Å². The van der Waals surface area contributed by atoms with E-state index >= 15 is 0 Å². The maximum Gasteiger partial charge on any atom is 0.361 e. The zero-order chi connectivity index (χ0) is 32.2. The minimum atomic E-state index is -4.94. The Morgan fingerprint density at radius 2 is 1.04 bits per heavy atom. The third kappa shape index (κ3) is 9.84. The van der Waals surface area contributed by atoms with Crippen LogP contribution in [0.5, 0.6) is 0 Å². The number of hydrogen-bond donors (Lipinski definition) is 0. The van der Waals surface area contributed by atoms with Crippen LogP contribution in [-0.2, 0) is 4.74 Å². The van der Waals surface area contributed by atoms with E-state index in [1.54, 1.807) is 0 Å². The van der Waals surface area contributed by atoms with Crippen LogP contribution in [0.2, 0.25) is 0 Å². The highest BCUT2D eigenvalue weighted by Gasteiger charge is 2.17. The third-order valence-corrected chi connectivity index (χ3v) is 6.70. The van der Waals surface area contributed by atoms with E-state index in [1.807, 2.05) is 78.9 Å². The molecule has 0 saturated carbocycles. The van der Waals surface area contributed by atoms with Crippen molar-refractivity contribution in [2.75, 3.05) is 0 Å². The summed E-state index contributed by atoms with van der Waals surface area (Å²) in [5.74, 6) is 3.20. The fourth-order valence-electron chi connectivity index (χ4n) is 4.66. The van der Waals surface area contributed by atoms with Crippen LogP contribution >= 0.6 is 0 Å². The molecule has 7 heteroatoms. The molecule has 0 atom stereocenters. The normalized spacial score (nSPS) is 14.0. The Kier molecular flexibility index (Phi) is 10.9. The van der Waals surface area contributed by atoms with E-state index in [1.165, 1.54) is 0 Å². The summed E-state index contributed by atoms with van der Waals surface area (Å²) >= 11 is 0. The van der Waals surface area contributed by atoms with Crippen LogP contribution < -0.4 is 18.6 Å². The lowest BCUT2D eigenvalue weighted by molar-refractivity contribution is -2.00. The number of hydrogen-bond acceptors (Lipinski definition) is 5. The maximum atomic E-state index is 8.49. The van der Waals surface area contributed by atoms with Crippen molar-refractivity contribution < 1.29 is 38.0 Å². The predicted octanol–water partition coefficient (Wildman–Crippen LogP) is 5.75. The minimum absolute atomic E-state index is 0.775. The maximum absolute atomic E-state index is 8.49. The van der Waals surface area contributed by atoms with Gasteiger partial charge in [0.15, 0.2) is 0 Å². The van der Waals surface area contributed by atoms with Crippen molar-refractivity contribution in [1.29, 1.82) is 0 Å². The first-order valence-electron chi connectivity index (χ1n) is 14.3. The summed E-state index contributed by atoms with van der Waals surface area (Å²) in [6.45, 7) is 0. The molecule has 0 spiro atoms. The molecule has 6 rings (SSSR count). The van der Waals surface area contributed by atoms with Gasteiger partial charge in [-0.05, 0) is 47.1 Å². The Morgan fingerprint density at radius 1 is 0.522 bits per heavy atom. The van der Waals surface area contributed by atoms with E-state index in [-0.39, 0.29) is 0 Å². The summed E-state index contributed by atoms with van der Waals surface area (Å²) in [6.07, 6.45) is 14.1. The van der Waals surface area contributed by atoms with Crippen molar-refractivity contribution in [3.63, 3.8) is 0 Å². The molecule has 0 bridgehead atoms. The first-order valence-corrected chi connectivity index (χ1v) is 15.5. The molecule has 228 valence electrons. The number of halogens is 1. The topological polar surface area (TPSA) is 113 Å². The molecule has 0 amide bonds. The highest BCUT2D eigenvalue weighted by Crippen LogP contribution is 2.32. The second-order valence-electron chi connectivity index (χ2n) is 9.98. The Hall–Kier alpha value is -5.34. The minimum Gasteiger partial charge on any atom is -0.457 e. The fraction of sp³-hybridized carbons (Fsp3) is 0. The van der Waals surface area contributed by atoms with Crippen molar-refractivity contribution in [3.8, 4) is 22.5 Å². The summed E-state index contributed by atoms with van der Waals surface area (Å²) in [5.41, 5.74) is 6.59. The predicted molar refractivity (Wildman–Crippen MR) is 170 cm³/mol. The largest absolute Gasteiger partial charge is 0.457 e. The number of rotatable bonds is 7. The molecule has 0 fully saturated rings. The van der Waals surface area contributed by atoms with Gasteiger partial charge >= 0.3 is 11.5 Å². The highest BCUT2D eigenvalue weighted by atomic mass is 35.7. The average Bonchev–Trinajstić information content (AvgIpc) is 3.09. The molecule has 1 aliphatic rings. The Morgan fingerprint density at radius 3 is 1.63 bits per heavy atom. The van der Waals surface area contributed by atoms with Gasteiger partial charge in [-0.2, -0.15) is 0 Å². The van der Waals surface area contributed by atoms with Gasteiger partial charge in [-0.25, -0.2) is 23.1 Å². The van der Waals surface area contributed by atoms with Crippen LogP contribution in [0, 0.1) is 10.2 Å². The van der Waals surface area contributed by atoms with E-state index in [0.717, 1.165) is 56.4 Å². The lowest BCUT2D eigenvalue weighted by Gasteiger charge is -2.18. The molecule has 1 aromatic heterocycles. The van der Waals surface area contributed by atoms with E-state index in [9.17, 15) is 0 Å². The molecule has 5 aromatic rings. The van der Waals surface area contributed by atoms with Crippen LogP contribution in [0.4, 0.5) is 0 Å². The molecular weight excluding hydrogens is 600 g/mol. The van der Waals surface area contributed by atoms with E-state index in [2.05, 4.69) is 97.1 Å². The zero-order valence-corrected chi connectivity index (χ0v) is 25.3. The van der Waals surface area contributed by atoms with Gasteiger partial charge in [0, 0.05) is 17.2 Å². The van der Waals surface area contributed by atoms with E-state index in [4.69, 9.17) is 27.8 Å². The lowest BCUT2D eigenvalue weighted by atomic mass is 10.0. The molecule has 0 N–H and O–H groups in total. The molecule has 4 aromatic carbocycles. The monoisotopic (exact) mass is 628 g/mol. The van der Waals surface area contributed by atoms with Crippen LogP contribution in [-0.4, -0.2) is 0 Å². The van der Waals surface area contributed by atoms with Gasteiger partial charge in [-0.3, -0.25) is 0 Å². The van der Waals surface area contributed by atoms with Crippen molar-refractivity contribution >= 4 is 17.4 Å². The van der Waals surface area contributed by atoms with Gasteiger partial charge < -0.3 is 4.74 Å². The number of allylic oxidation sites excluding steroid dienone is 7. The van der Waals surface area contributed by atoms with Crippen molar-refractivity contribution in [2.24, 2.45) is 0 Å². The molecule has 0 saturated heterocycles. The lowest BCUT2D eigenvalue weighted by Crippen LogP contribution is -2.68. The Labute approximate surface area is 269 Å². The first-order chi connectivity index (χ1) is 22.3. The number of ether oxygens (including phenoxy) is 1. The summed E-state index contributed by atoms with van der Waals surface area (Å²) < 4.78 is 46.5. The van der Waals surface area contributed by atoms with Gasteiger partial charge in [0.1, 0.15) is 11.5 Å². The van der Waals surface area contributed by atoms with Crippen molar-refractivity contribution in [2.45, 2.75) is 0 Å². The SMILES string of the molecule is C1=C(c2ccccc2)C=C(c2ccccc2)O/C1=C/C=C/C=C/c1cc(-c2ccccc2)cc(-c2ccccc2)[o+]1.[O-][Cl+3]([O-])([O-])[O-]. The summed E-state index contributed by atoms with van der Waals surface area (Å²) in [5, 5.41) is 0. The molecular formula is C39H29ClO6. The molecule has 6 nitrogen and oxygen atoms in total.